The van der Waals surface area contributed by atoms with Crippen molar-refractivity contribution in [2.75, 3.05) is 62.4 Å². The lowest BCUT2D eigenvalue weighted by molar-refractivity contribution is 0.388. The molecule has 8 heteroatoms. The van der Waals surface area contributed by atoms with Crippen LogP contribution in [-0.2, 0) is 28.7 Å². The maximum Gasteiger partial charge on any atom is 0.171 e. The first-order valence-electron chi connectivity index (χ1n) is 12.7. The molecule has 0 aromatic heterocycles. The number of benzene rings is 2. The van der Waals surface area contributed by atoms with Crippen LogP contribution in [0.1, 0.15) is 24.5 Å². The molecule has 4 aliphatic rings. The van der Waals surface area contributed by atoms with Crippen LogP contribution in [-0.4, -0.2) is 77.0 Å². The highest BCUT2D eigenvalue weighted by Gasteiger charge is 2.36. The van der Waals surface area contributed by atoms with Crippen molar-refractivity contribution in [2.45, 2.75) is 42.9 Å². The number of nitrogens with zero attached hydrogens (tertiary/aromatic N) is 2. The molecule has 0 radical (unpaired) electrons. The number of anilines is 2. The summed E-state index contributed by atoms with van der Waals surface area (Å²) in [5, 5.41) is -0.578. The average Bonchev–Trinajstić information content (AvgIpc) is 3.71. The minimum Gasteiger partial charge on any atom is -0.371 e. The van der Waals surface area contributed by atoms with Gasteiger partial charge in [-0.3, -0.25) is 4.57 Å². The van der Waals surface area contributed by atoms with Gasteiger partial charge in [0.25, 0.3) is 0 Å². The zero-order valence-electron chi connectivity index (χ0n) is 20.2. The van der Waals surface area contributed by atoms with Crippen LogP contribution < -0.4 is 9.80 Å². The molecule has 4 aliphatic heterocycles. The lowest BCUT2D eigenvalue weighted by Crippen LogP contribution is -2.32. The topological polar surface area (TPSA) is 73.7 Å². The number of hydrogen-bond acceptors (Lipinski definition) is 7. The summed E-state index contributed by atoms with van der Waals surface area (Å²) in [6, 6.07) is 17.1. The summed E-state index contributed by atoms with van der Waals surface area (Å²) in [6.07, 6.45) is 2.01. The highest BCUT2D eigenvalue weighted by Crippen LogP contribution is 2.45. The molecule has 2 aromatic rings. The average molecular weight is 497 g/mol. The van der Waals surface area contributed by atoms with Gasteiger partial charge in [-0.1, -0.05) is 31.2 Å². The van der Waals surface area contributed by atoms with Gasteiger partial charge >= 0.3 is 0 Å². The van der Waals surface area contributed by atoms with Crippen LogP contribution in [0.15, 0.2) is 48.5 Å². The smallest absolute Gasteiger partial charge is 0.171 e. The third kappa shape index (κ3) is 5.55. The predicted octanol–water partition coefficient (Wildman–Crippen LogP) is 3.84. The Morgan fingerprint density at radius 3 is 1.23 bits per heavy atom. The van der Waals surface area contributed by atoms with Gasteiger partial charge in [0, 0.05) is 37.6 Å². The molecule has 35 heavy (non-hydrogen) atoms. The number of epoxide rings is 4. The fourth-order valence-electron chi connectivity index (χ4n) is 4.89. The Balaban J connectivity index is 1.22. The van der Waals surface area contributed by atoms with E-state index >= 15 is 0 Å². The SMILES string of the molecule is CCC(P=O)(c1ccc(N(CC2CO2)CC2CO2)cc1)c1ccc(N(CC2CO2)CC2CO2)cc1. The van der Waals surface area contributed by atoms with Crippen LogP contribution in [0.4, 0.5) is 11.4 Å². The van der Waals surface area contributed by atoms with E-state index in [1.165, 1.54) is 0 Å². The zero-order chi connectivity index (χ0) is 23.8. The molecule has 0 aliphatic carbocycles. The molecule has 186 valence electrons. The van der Waals surface area contributed by atoms with Crippen LogP contribution >= 0.6 is 8.46 Å². The monoisotopic (exact) mass is 496 g/mol. The third-order valence-corrected chi connectivity index (χ3v) is 8.54. The minimum atomic E-state index is -0.578. The normalized spacial score (nSPS) is 27.8. The van der Waals surface area contributed by atoms with Gasteiger partial charge in [-0.25, -0.2) is 0 Å². The molecule has 4 atom stereocenters. The first-order valence-corrected chi connectivity index (χ1v) is 13.5. The zero-order valence-corrected chi connectivity index (χ0v) is 21.1. The summed E-state index contributed by atoms with van der Waals surface area (Å²) in [5.74, 6) is 0. The Labute approximate surface area is 208 Å². The number of hydrogen-bond donors (Lipinski definition) is 0. The van der Waals surface area contributed by atoms with Crippen molar-refractivity contribution >= 4 is 19.8 Å². The fourth-order valence-corrected chi connectivity index (χ4v) is 5.53. The van der Waals surface area contributed by atoms with Crippen molar-refractivity contribution in [2.24, 2.45) is 0 Å². The predicted molar refractivity (Wildman–Crippen MR) is 135 cm³/mol. The molecule has 0 N–H and O–H groups in total. The van der Waals surface area contributed by atoms with E-state index in [0.29, 0.717) is 24.4 Å². The minimum absolute atomic E-state index is 0.101. The summed E-state index contributed by atoms with van der Waals surface area (Å²) in [4.78, 5) is 4.69. The second-order valence-electron chi connectivity index (χ2n) is 10.0. The van der Waals surface area contributed by atoms with Crippen molar-refractivity contribution < 1.29 is 23.5 Å². The lowest BCUT2D eigenvalue weighted by atomic mass is 9.87. The van der Waals surface area contributed by atoms with Gasteiger partial charge in [0.1, 0.15) is 5.16 Å². The van der Waals surface area contributed by atoms with Gasteiger partial charge < -0.3 is 28.7 Å². The van der Waals surface area contributed by atoms with Crippen LogP contribution in [0.2, 0.25) is 0 Å². The Kier molecular flexibility index (Phi) is 6.54. The summed E-state index contributed by atoms with van der Waals surface area (Å²) in [6.45, 7) is 8.98. The molecular formula is C27H33N2O5P. The summed E-state index contributed by atoms with van der Waals surface area (Å²) in [5.41, 5.74) is 4.44. The van der Waals surface area contributed by atoms with Crippen LogP contribution in [0.25, 0.3) is 0 Å². The Hall–Kier alpha value is -2.02. The van der Waals surface area contributed by atoms with Crippen molar-refractivity contribution in [3.8, 4) is 0 Å². The highest BCUT2D eigenvalue weighted by atomic mass is 31.1. The summed E-state index contributed by atoms with van der Waals surface area (Å²) < 4.78 is 34.6. The van der Waals surface area contributed by atoms with E-state index in [2.05, 4.69) is 65.3 Å². The quantitative estimate of drug-likeness (QED) is 0.291. The molecule has 4 fully saturated rings. The van der Waals surface area contributed by atoms with E-state index in [1.807, 2.05) is 0 Å². The van der Waals surface area contributed by atoms with Gasteiger partial charge in [0.05, 0.1) is 50.8 Å². The van der Waals surface area contributed by atoms with Gasteiger partial charge in [0.15, 0.2) is 8.46 Å². The first-order chi connectivity index (χ1) is 17.2. The Morgan fingerprint density at radius 1 is 0.686 bits per heavy atom. The lowest BCUT2D eigenvalue weighted by Gasteiger charge is -2.29. The molecule has 0 saturated carbocycles. The fraction of sp³-hybridized carbons (Fsp3) is 0.556. The largest absolute Gasteiger partial charge is 0.371 e. The van der Waals surface area contributed by atoms with E-state index in [0.717, 1.165) is 81.5 Å². The standard InChI is InChI=1S/C27H33N2O5P/c1-2-27(35-30,19-3-7-21(8-4-19)28(11-23-15-31-23)12-24-16-32-24)20-5-9-22(10-6-20)29(13-25-17-33-25)14-26-18-34-26/h3-10,23-26H,2,11-18H2,1H3. The van der Waals surface area contributed by atoms with Gasteiger partial charge in [-0.15, -0.1) is 0 Å². The number of rotatable bonds is 14. The second kappa shape index (κ2) is 9.79. The second-order valence-corrected chi connectivity index (χ2v) is 11.0. The van der Waals surface area contributed by atoms with E-state index in [9.17, 15) is 4.57 Å². The van der Waals surface area contributed by atoms with E-state index in [4.69, 9.17) is 18.9 Å². The Bertz CT molecular complexity index is 913. The van der Waals surface area contributed by atoms with Gasteiger partial charge in [-0.2, -0.15) is 0 Å². The molecule has 0 bridgehead atoms. The van der Waals surface area contributed by atoms with Crippen molar-refractivity contribution in [1.29, 1.82) is 0 Å². The maximum absolute atomic E-state index is 12.7. The molecule has 0 spiro atoms. The molecule has 6 rings (SSSR count). The highest BCUT2D eigenvalue weighted by molar-refractivity contribution is 7.26. The van der Waals surface area contributed by atoms with Crippen LogP contribution in [0, 0.1) is 0 Å². The van der Waals surface area contributed by atoms with Crippen molar-refractivity contribution in [1.82, 2.24) is 0 Å². The number of ether oxygens (including phenoxy) is 4. The van der Waals surface area contributed by atoms with Crippen molar-refractivity contribution in [3.63, 3.8) is 0 Å². The van der Waals surface area contributed by atoms with Crippen LogP contribution in [0.3, 0.4) is 0 Å². The Morgan fingerprint density at radius 2 is 1.00 bits per heavy atom. The first kappa shape index (κ1) is 23.4. The summed E-state index contributed by atoms with van der Waals surface area (Å²) >= 11 is 0. The molecule has 4 unspecified atom stereocenters. The van der Waals surface area contributed by atoms with Crippen molar-refractivity contribution in [3.05, 3.63) is 59.7 Å². The summed E-state index contributed by atoms with van der Waals surface area (Å²) in [7, 11) is 0.101. The van der Waals surface area contributed by atoms with Crippen LogP contribution in [0.5, 0.6) is 0 Å². The van der Waals surface area contributed by atoms with Gasteiger partial charge in [-0.05, 0) is 41.8 Å². The molecule has 0 amide bonds. The molecule has 4 saturated heterocycles. The molecular weight excluding hydrogens is 463 g/mol. The van der Waals surface area contributed by atoms with E-state index < -0.39 is 5.16 Å². The van der Waals surface area contributed by atoms with E-state index in [1.54, 1.807) is 0 Å². The van der Waals surface area contributed by atoms with Gasteiger partial charge in [0.2, 0.25) is 0 Å². The maximum atomic E-state index is 12.7. The third-order valence-electron chi connectivity index (χ3n) is 7.39. The molecule has 7 nitrogen and oxygen atoms in total. The molecule has 4 heterocycles. The van der Waals surface area contributed by atoms with E-state index in [-0.39, 0.29) is 8.46 Å². The molecule has 2 aromatic carbocycles.